The van der Waals surface area contributed by atoms with E-state index in [9.17, 15) is 0 Å². The molecule has 1 nitrogen and oxygen atoms in total. The molecule has 2 atom stereocenters. The van der Waals surface area contributed by atoms with Gasteiger partial charge < -0.3 is 4.43 Å². The first-order valence-electron chi connectivity index (χ1n) is 11.0. The third-order valence-corrected chi connectivity index (χ3v) is 11.0. The third kappa shape index (κ3) is 7.72. The van der Waals surface area contributed by atoms with Crippen molar-refractivity contribution < 1.29 is 4.43 Å². The molecule has 0 saturated heterocycles. The van der Waals surface area contributed by atoms with Crippen LogP contribution in [0.25, 0.3) is 0 Å². The third-order valence-electron chi connectivity index (χ3n) is 6.44. The van der Waals surface area contributed by atoms with Gasteiger partial charge >= 0.3 is 0 Å². The van der Waals surface area contributed by atoms with Gasteiger partial charge in [0.15, 0.2) is 8.32 Å². The second-order valence-corrected chi connectivity index (χ2v) is 15.1. The normalized spacial score (nSPS) is 23.5. The highest BCUT2D eigenvalue weighted by Gasteiger charge is 2.49. The summed E-state index contributed by atoms with van der Waals surface area (Å²) in [7, 11) is -1.56. The average molecular weight is 379 g/mol. The molecule has 0 aromatic carbocycles. The predicted molar refractivity (Wildman–Crippen MR) is 120 cm³/mol. The standard InChI is InChI=1S/C24H46OSi/c1-9-10-13-16-24(20-22(24)19-21(2)3)17-14-11-12-15-18-25-26(7,8)23(4,5)6/h14,17,19,22H,9-13,15-16,18,20H2,1-8H3/b17-14-/t22-,24+/m1/s1. The Morgan fingerprint density at radius 2 is 1.81 bits per heavy atom. The number of allylic oxidation sites excluding steroid dienone is 4. The molecule has 1 aliphatic rings. The number of unbranched alkanes of at least 4 members (excludes halogenated alkanes) is 4. The molecule has 0 N–H and O–H groups in total. The van der Waals surface area contributed by atoms with Gasteiger partial charge in [-0.3, -0.25) is 0 Å². The fourth-order valence-corrected chi connectivity index (χ4v) is 4.56. The van der Waals surface area contributed by atoms with E-state index in [4.69, 9.17) is 4.43 Å². The SMILES string of the molecule is CCCCC[C@]1(/C=C\CCCCO[Si](C)(C)C(C)(C)C)C[C@H]1C=C(C)C. The van der Waals surface area contributed by atoms with Crippen molar-refractivity contribution in [3.63, 3.8) is 0 Å². The van der Waals surface area contributed by atoms with Gasteiger partial charge in [0, 0.05) is 6.61 Å². The molecule has 0 aliphatic heterocycles. The maximum Gasteiger partial charge on any atom is 0.191 e. The van der Waals surface area contributed by atoms with Crippen molar-refractivity contribution in [1.29, 1.82) is 0 Å². The fraction of sp³-hybridized carbons (Fsp3) is 0.833. The van der Waals surface area contributed by atoms with Gasteiger partial charge in [0.25, 0.3) is 0 Å². The molecule has 0 heterocycles. The summed E-state index contributed by atoms with van der Waals surface area (Å²) < 4.78 is 6.29. The van der Waals surface area contributed by atoms with Crippen LogP contribution in [0.5, 0.6) is 0 Å². The van der Waals surface area contributed by atoms with E-state index in [0.29, 0.717) is 10.5 Å². The Morgan fingerprint density at radius 1 is 1.12 bits per heavy atom. The van der Waals surface area contributed by atoms with Gasteiger partial charge in [-0.15, -0.1) is 0 Å². The first-order chi connectivity index (χ1) is 12.0. The Hall–Kier alpha value is -0.343. The summed E-state index contributed by atoms with van der Waals surface area (Å²) in [5, 5.41) is 0.323. The smallest absolute Gasteiger partial charge is 0.191 e. The molecule has 0 amide bonds. The minimum atomic E-state index is -1.56. The average Bonchev–Trinajstić information content (AvgIpc) is 3.17. The molecule has 0 aromatic heterocycles. The predicted octanol–water partition coefficient (Wildman–Crippen LogP) is 8.29. The summed E-state index contributed by atoms with van der Waals surface area (Å²) in [6.07, 6.45) is 18.0. The zero-order valence-electron chi connectivity index (χ0n) is 19.1. The highest BCUT2D eigenvalue weighted by Crippen LogP contribution is 2.58. The molecule has 0 unspecified atom stereocenters. The van der Waals surface area contributed by atoms with Crippen molar-refractivity contribution in [2.45, 2.75) is 111 Å². The van der Waals surface area contributed by atoms with Crippen LogP contribution in [0.2, 0.25) is 18.1 Å². The summed E-state index contributed by atoms with van der Waals surface area (Å²) in [5.41, 5.74) is 1.97. The Kier molecular flexibility index (Phi) is 9.36. The summed E-state index contributed by atoms with van der Waals surface area (Å²) >= 11 is 0. The number of rotatable bonds is 12. The number of hydrogen-bond donors (Lipinski definition) is 0. The van der Waals surface area contributed by atoms with Crippen LogP contribution in [0.1, 0.15) is 92.9 Å². The largest absolute Gasteiger partial charge is 0.417 e. The highest BCUT2D eigenvalue weighted by molar-refractivity contribution is 6.74. The lowest BCUT2D eigenvalue weighted by molar-refractivity contribution is 0.279. The lowest BCUT2D eigenvalue weighted by atomic mass is 9.93. The second-order valence-electron chi connectivity index (χ2n) is 10.3. The van der Waals surface area contributed by atoms with Gasteiger partial charge in [0.05, 0.1) is 0 Å². The minimum Gasteiger partial charge on any atom is -0.417 e. The fourth-order valence-electron chi connectivity index (χ4n) is 3.47. The Bertz CT molecular complexity index is 465. The van der Waals surface area contributed by atoms with Crippen LogP contribution in [0.15, 0.2) is 23.8 Å². The quantitative estimate of drug-likeness (QED) is 0.188. The van der Waals surface area contributed by atoms with E-state index in [-0.39, 0.29) is 0 Å². The van der Waals surface area contributed by atoms with Crippen LogP contribution in [0, 0.1) is 11.3 Å². The van der Waals surface area contributed by atoms with Gasteiger partial charge in [0.1, 0.15) is 0 Å². The molecule has 1 aliphatic carbocycles. The molecule has 26 heavy (non-hydrogen) atoms. The van der Waals surface area contributed by atoms with Gasteiger partial charge in [-0.25, -0.2) is 0 Å². The van der Waals surface area contributed by atoms with Crippen molar-refractivity contribution >= 4 is 8.32 Å². The van der Waals surface area contributed by atoms with Crippen molar-refractivity contribution in [2.75, 3.05) is 6.61 Å². The number of hydrogen-bond acceptors (Lipinski definition) is 1. The molecule has 0 spiro atoms. The van der Waals surface area contributed by atoms with Gasteiger partial charge in [0.2, 0.25) is 0 Å². The van der Waals surface area contributed by atoms with Gasteiger partial charge in [-0.05, 0) is 75.4 Å². The first kappa shape index (κ1) is 23.7. The zero-order valence-corrected chi connectivity index (χ0v) is 20.1. The van der Waals surface area contributed by atoms with E-state index < -0.39 is 8.32 Å². The monoisotopic (exact) mass is 378 g/mol. The lowest BCUT2D eigenvalue weighted by Gasteiger charge is -2.36. The molecule has 2 heteroatoms. The summed E-state index contributed by atoms with van der Waals surface area (Å²) in [6, 6.07) is 0. The highest BCUT2D eigenvalue weighted by atomic mass is 28.4. The maximum atomic E-state index is 6.29. The van der Waals surface area contributed by atoms with Crippen LogP contribution in [0.3, 0.4) is 0 Å². The van der Waals surface area contributed by atoms with Crippen LogP contribution < -0.4 is 0 Å². The van der Waals surface area contributed by atoms with Gasteiger partial charge in [-0.2, -0.15) is 0 Å². The molecule has 1 rings (SSSR count). The molecule has 1 saturated carbocycles. The second kappa shape index (κ2) is 10.3. The Balaban J connectivity index is 2.35. The molecule has 1 fully saturated rings. The lowest BCUT2D eigenvalue weighted by Crippen LogP contribution is -2.40. The van der Waals surface area contributed by atoms with Crippen LogP contribution in [0.4, 0.5) is 0 Å². The summed E-state index contributed by atoms with van der Waals surface area (Å²) in [4.78, 5) is 0. The van der Waals surface area contributed by atoms with Crippen LogP contribution >= 0.6 is 0 Å². The molecule has 0 radical (unpaired) electrons. The van der Waals surface area contributed by atoms with E-state index in [1.807, 2.05) is 0 Å². The van der Waals surface area contributed by atoms with Crippen molar-refractivity contribution in [3.05, 3.63) is 23.8 Å². The van der Waals surface area contributed by atoms with E-state index in [2.05, 4.69) is 72.9 Å². The van der Waals surface area contributed by atoms with E-state index in [0.717, 1.165) is 12.5 Å². The molecule has 152 valence electrons. The van der Waals surface area contributed by atoms with Crippen LogP contribution in [-0.4, -0.2) is 14.9 Å². The molecular weight excluding hydrogens is 332 g/mol. The first-order valence-corrected chi connectivity index (χ1v) is 13.9. The molecular formula is C24H46OSi. The van der Waals surface area contributed by atoms with Crippen LogP contribution in [-0.2, 0) is 4.43 Å². The molecule has 0 bridgehead atoms. The summed E-state index contributed by atoms with van der Waals surface area (Å²) in [6.45, 7) is 19.4. The minimum absolute atomic E-state index is 0.323. The zero-order chi connectivity index (χ0) is 19.8. The van der Waals surface area contributed by atoms with E-state index in [1.165, 1.54) is 56.9 Å². The Morgan fingerprint density at radius 3 is 2.38 bits per heavy atom. The topological polar surface area (TPSA) is 9.23 Å². The maximum absolute atomic E-state index is 6.29. The molecule has 0 aromatic rings. The Labute approximate surface area is 165 Å². The van der Waals surface area contributed by atoms with E-state index >= 15 is 0 Å². The van der Waals surface area contributed by atoms with E-state index in [1.54, 1.807) is 0 Å². The summed E-state index contributed by atoms with van der Waals surface area (Å²) in [5.74, 6) is 0.794. The van der Waals surface area contributed by atoms with Gasteiger partial charge in [-0.1, -0.05) is 70.8 Å². The van der Waals surface area contributed by atoms with Crippen molar-refractivity contribution in [2.24, 2.45) is 11.3 Å². The van der Waals surface area contributed by atoms with Crippen molar-refractivity contribution in [3.8, 4) is 0 Å². The van der Waals surface area contributed by atoms with Crippen molar-refractivity contribution in [1.82, 2.24) is 0 Å².